The molecule has 0 radical (unpaired) electrons. The van der Waals surface area contributed by atoms with E-state index in [4.69, 9.17) is 0 Å². The lowest BCUT2D eigenvalue weighted by molar-refractivity contribution is 0.0220. The lowest BCUT2D eigenvalue weighted by Gasteiger charge is -2.49. The molecule has 0 atom stereocenters. The Hall–Kier alpha value is -1.47. The van der Waals surface area contributed by atoms with Gasteiger partial charge in [-0.1, -0.05) is 19.3 Å². The van der Waals surface area contributed by atoms with Crippen LogP contribution in [0.4, 0.5) is 16.2 Å². The molecule has 0 amide bonds. The topological polar surface area (TPSA) is 47.5 Å². The number of halogens is 1. The van der Waals surface area contributed by atoms with Crippen molar-refractivity contribution in [2.24, 2.45) is 0 Å². The zero-order chi connectivity index (χ0) is 17.9. The molecule has 1 aliphatic heterocycles. The summed E-state index contributed by atoms with van der Waals surface area (Å²) in [6, 6.07) is 0. The monoisotopic (exact) mass is 350 g/mol. The molecule has 25 heavy (non-hydrogen) atoms. The second-order valence-electron chi connectivity index (χ2n) is 7.69. The Kier molecular flexibility index (Phi) is 5.74. The van der Waals surface area contributed by atoms with Crippen LogP contribution in [0.25, 0.3) is 0 Å². The molecule has 1 saturated heterocycles. The fourth-order valence-corrected chi connectivity index (χ4v) is 4.10. The number of aromatic nitrogens is 2. The Labute approximate surface area is 150 Å². The highest BCUT2D eigenvalue weighted by Gasteiger charge is 2.39. The van der Waals surface area contributed by atoms with Gasteiger partial charge >= 0.3 is 0 Å². The molecule has 3 rings (SSSR count). The first-order valence-corrected chi connectivity index (χ1v) is 9.37. The summed E-state index contributed by atoms with van der Waals surface area (Å²) in [6.07, 6.45) is 7.57. The highest BCUT2D eigenvalue weighted by Crippen LogP contribution is 2.34. The van der Waals surface area contributed by atoms with E-state index < -0.39 is 0 Å². The van der Waals surface area contributed by atoms with E-state index in [0.717, 1.165) is 32.7 Å². The van der Waals surface area contributed by atoms with Gasteiger partial charge in [0.05, 0.1) is 6.20 Å². The summed E-state index contributed by atoms with van der Waals surface area (Å²) in [4.78, 5) is 15.2. The van der Waals surface area contributed by atoms with E-state index in [1.807, 2.05) is 0 Å². The lowest BCUT2D eigenvalue weighted by Crippen LogP contribution is -2.60. The van der Waals surface area contributed by atoms with Gasteiger partial charge in [-0.3, -0.25) is 4.90 Å². The molecule has 1 aromatic rings. The molecule has 7 heteroatoms. The Morgan fingerprint density at radius 1 is 1.16 bits per heavy atom. The van der Waals surface area contributed by atoms with E-state index in [1.165, 1.54) is 38.3 Å². The minimum absolute atomic E-state index is 0.176. The van der Waals surface area contributed by atoms with Crippen molar-refractivity contribution in [3.63, 3.8) is 0 Å². The smallest absolute Gasteiger partial charge is 0.224 e. The molecule has 2 heterocycles. The number of nitrogens with zero attached hydrogens (tertiary/aromatic N) is 5. The van der Waals surface area contributed by atoms with Gasteiger partial charge in [-0.05, 0) is 19.9 Å². The van der Waals surface area contributed by atoms with Crippen LogP contribution >= 0.6 is 0 Å². The van der Waals surface area contributed by atoms with Crippen LogP contribution in [-0.2, 0) is 0 Å². The minimum Gasteiger partial charge on any atom is -0.360 e. The fraction of sp³-hybridized carbons (Fsp3) is 0.778. The van der Waals surface area contributed by atoms with Gasteiger partial charge in [0.15, 0.2) is 11.6 Å². The number of hydrogen-bond donors (Lipinski definition) is 1. The molecule has 2 fully saturated rings. The largest absolute Gasteiger partial charge is 0.360 e. The van der Waals surface area contributed by atoms with E-state index in [0.29, 0.717) is 11.8 Å². The van der Waals surface area contributed by atoms with Crippen LogP contribution < -0.4 is 10.2 Å². The molecule has 1 aromatic heterocycles. The number of likely N-dealkylation sites (N-methyl/N-ethyl adjacent to an activating group) is 1. The minimum atomic E-state index is -0.387. The van der Waals surface area contributed by atoms with Crippen LogP contribution in [0.5, 0.6) is 0 Å². The lowest BCUT2D eigenvalue weighted by atomic mass is 9.79. The number of nitrogens with one attached hydrogen (secondary N) is 1. The van der Waals surface area contributed by atoms with E-state index in [9.17, 15) is 4.39 Å². The van der Waals surface area contributed by atoms with Crippen molar-refractivity contribution in [1.29, 1.82) is 0 Å². The number of rotatable bonds is 5. The molecule has 0 bridgehead atoms. The van der Waals surface area contributed by atoms with Crippen molar-refractivity contribution < 1.29 is 4.39 Å². The molecular weight excluding hydrogens is 319 g/mol. The first-order valence-electron chi connectivity index (χ1n) is 9.37. The molecule has 140 valence electrons. The second-order valence-corrected chi connectivity index (χ2v) is 7.69. The van der Waals surface area contributed by atoms with Crippen LogP contribution in [0.3, 0.4) is 0 Å². The van der Waals surface area contributed by atoms with Crippen molar-refractivity contribution >= 4 is 11.8 Å². The van der Waals surface area contributed by atoms with Crippen LogP contribution in [0.2, 0.25) is 0 Å². The maximum absolute atomic E-state index is 13.8. The predicted molar refractivity (Wildman–Crippen MR) is 99.7 cm³/mol. The summed E-state index contributed by atoms with van der Waals surface area (Å²) in [7, 11) is 5.78. The summed E-state index contributed by atoms with van der Waals surface area (Å²) in [5.41, 5.74) is 0.176. The van der Waals surface area contributed by atoms with Crippen molar-refractivity contribution in [1.82, 2.24) is 19.8 Å². The average Bonchev–Trinajstić information content (AvgIpc) is 2.62. The van der Waals surface area contributed by atoms with Crippen molar-refractivity contribution in [3.8, 4) is 0 Å². The van der Waals surface area contributed by atoms with Gasteiger partial charge in [-0.2, -0.15) is 4.98 Å². The first-order chi connectivity index (χ1) is 12.0. The second kappa shape index (κ2) is 7.83. The van der Waals surface area contributed by atoms with E-state index in [-0.39, 0.29) is 11.4 Å². The van der Waals surface area contributed by atoms with Gasteiger partial charge < -0.3 is 15.1 Å². The third-order valence-electron chi connectivity index (χ3n) is 5.68. The maximum atomic E-state index is 13.8. The Bertz CT molecular complexity index is 565. The van der Waals surface area contributed by atoms with E-state index >= 15 is 0 Å². The first kappa shape index (κ1) is 18.3. The molecular formula is C18H31FN6. The summed E-state index contributed by atoms with van der Waals surface area (Å²) < 4.78 is 13.8. The summed E-state index contributed by atoms with van der Waals surface area (Å²) in [5, 5.41) is 3.42. The van der Waals surface area contributed by atoms with Gasteiger partial charge in [0, 0.05) is 52.4 Å². The SMILES string of the molecule is CN1CCN(C2(CNc3ncc(F)c(N(C)C)n3)CCCCC2)CC1. The third-order valence-corrected chi connectivity index (χ3v) is 5.68. The van der Waals surface area contributed by atoms with Gasteiger partial charge in [-0.15, -0.1) is 0 Å². The zero-order valence-electron chi connectivity index (χ0n) is 15.8. The maximum Gasteiger partial charge on any atom is 0.224 e. The van der Waals surface area contributed by atoms with Crippen LogP contribution in [0.1, 0.15) is 32.1 Å². The van der Waals surface area contributed by atoms with Gasteiger partial charge in [0.1, 0.15) is 0 Å². The molecule has 0 unspecified atom stereocenters. The Balaban J connectivity index is 1.72. The Morgan fingerprint density at radius 3 is 2.48 bits per heavy atom. The van der Waals surface area contributed by atoms with Crippen LogP contribution in [0, 0.1) is 5.82 Å². The highest BCUT2D eigenvalue weighted by molar-refractivity contribution is 5.42. The Morgan fingerprint density at radius 2 is 1.84 bits per heavy atom. The summed E-state index contributed by atoms with van der Waals surface area (Å²) in [6.45, 7) is 5.31. The quantitative estimate of drug-likeness (QED) is 0.877. The molecule has 0 aromatic carbocycles. The van der Waals surface area contributed by atoms with Crippen molar-refractivity contribution in [2.75, 3.05) is 64.1 Å². The predicted octanol–water partition coefficient (Wildman–Crippen LogP) is 2.04. The van der Waals surface area contributed by atoms with E-state index in [1.54, 1.807) is 19.0 Å². The summed E-state index contributed by atoms with van der Waals surface area (Å²) >= 11 is 0. The highest BCUT2D eigenvalue weighted by atomic mass is 19.1. The molecule has 1 saturated carbocycles. The number of anilines is 2. The van der Waals surface area contributed by atoms with Crippen LogP contribution in [0.15, 0.2) is 6.20 Å². The van der Waals surface area contributed by atoms with Gasteiger partial charge in [0.2, 0.25) is 5.95 Å². The van der Waals surface area contributed by atoms with E-state index in [2.05, 4.69) is 32.1 Å². The molecule has 2 aliphatic rings. The van der Waals surface area contributed by atoms with Crippen molar-refractivity contribution in [3.05, 3.63) is 12.0 Å². The van der Waals surface area contributed by atoms with Gasteiger partial charge in [0.25, 0.3) is 0 Å². The molecule has 1 N–H and O–H groups in total. The van der Waals surface area contributed by atoms with Crippen molar-refractivity contribution in [2.45, 2.75) is 37.6 Å². The number of piperazine rings is 1. The van der Waals surface area contributed by atoms with Crippen LogP contribution in [-0.4, -0.2) is 79.2 Å². The molecule has 0 spiro atoms. The fourth-order valence-electron chi connectivity index (χ4n) is 4.10. The van der Waals surface area contributed by atoms with Gasteiger partial charge in [-0.25, -0.2) is 9.37 Å². The standard InChI is InChI=1S/C18H31FN6/c1-23(2)16-15(19)13-20-17(22-16)21-14-18(7-5-4-6-8-18)25-11-9-24(3)10-12-25/h13H,4-12,14H2,1-3H3,(H,20,21,22). The molecule has 1 aliphatic carbocycles. The third kappa shape index (κ3) is 4.20. The average molecular weight is 350 g/mol. The molecule has 6 nitrogen and oxygen atoms in total. The number of hydrogen-bond acceptors (Lipinski definition) is 6. The zero-order valence-corrected chi connectivity index (χ0v) is 15.8. The summed E-state index contributed by atoms with van der Waals surface area (Å²) in [5.74, 6) is 0.459. The normalized spacial score (nSPS) is 21.9.